The highest BCUT2D eigenvalue weighted by Gasteiger charge is 2.37. The van der Waals surface area contributed by atoms with E-state index in [0.29, 0.717) is 0 Å². The summed E-state index contributed by atoms with van der Waals surface area (Å²) in [5.74, 6) is 0.924. The Labute approximate surface area is 131 Å². The summed E-state index contributed by atoms with van der Waals surface area (Å²) in [5.41, 5.74) is 3.21. The summed E-state index contributed by atoms with van der Waals surface area (Å²) >= 11 is 0. The van der Waals surface area contributed by atoms with E-state index in [9.17, 15) is 0 Å². The Morgan fingerprint density at radius 1 is 1.00 bits per heavy atom. The molecule has 114 valence electrons. The molecule has 0 radical (unpaired) electrons. The summed E-state index contributed by atoms with van der Waals surface area (Å²) in [6.45, 7) is 0. The molecule has 1 aliphatic heterocycles. The van der Waals surface area contributed by atoms with Crippen LogP contribution in [0.5, 0.6) is 5.75 Å². The van der Waals surface area contributed by atoms with E-state index in [-0.39, 0.29) is 12.1 Å². The minimum absolute atomic E-state index is 0.0876. The summed E-state index contributed by atoms with van der Waals surface area (Å²) in [4.78, 5) is 7.74. The third kappa shape index (κ3) is 2.70. The lowest BCUT2D eigenvalue weighted by Crippen LogP contribution is -2.34. The number of likely N-dealkylation sites (N-methyl/N-ethyl adjacent to an activating group) is 1. The summed E-state index contributed by atoms with van der Waals surface area (Å²) in [7, 11) is 5.68. The largest absolute Gasteiger partial charge is 0.497 e. The maximum absolute atomic E-state index is 5.69. The predicted molar refractivity (Wildman–Crippen MR) is 87.3 cm³/mol. The zero-order valence-electron chi connectivity index (χ0n) is 13.1. The van der Waals surface area contributed by atoms with Crippen molar-refractivity contribution in [3.63, 3.8) is 0 Å². The number of ether oxygens (including phenoxy) is 1. The van der Waals surface area contributed by atoms with E-state index in [1.807, 2.05) is 56.6 Å². The van der Waals surface area contributed by atoms with Crippen LogP contribution in [0.4, 0.5) is 0 Å². The topological polar surface area (TPSA) is 34.1 Å². The van der Waals surface area contributed by atoms with Gasteiger partial charge in [-0.15, -0.1) is 0 Å². The van der Waals surface area contributed by atoms with Gasteiger partial charge in [-0.2, -0.15) is 0 Å². The van der Waals surface area contributed by atoms with E-state index in [2.05, 4.69) is 22.2 Å². The molecule has 3 rings (SSSR count). The van der Waals surface area contributed by atoms with Crippen molar-refractivity contribution < 1.29 is 9.57 Å². The molecule has 1 aliphatic rings. The molecule has 0 N–H and O–H groups in total. The Kier molecular flexibility index (Phi) is 4.11. The zero-order chi connectivity index (χ0) is 15.5. The van der Waals surface area contributed by atoms with Crippen molar-refractivity contribution in [2.24, 2.45) is 5.16 Å². The molecule has 4 nitrogen and oxygen atoms in total. The van der Waals surface area contributed by atoms with Crippen LogP contribution in [0.15, 0.2) is 59.8 Å². The molecule has 0 fully saturated rings. The first-order valence-corrected chi connectivity index (χ1v) is 7.30. The molecule has 2 unspecified atom stereocenters. The Morgan fingerprint density at radius 3 is 2.27 bits per heavy atom. The van der Waals surface area contributed by atoms with Crippen molar-refractivity contribution in [1.29, 1.82) is 0 Å². The number of hydrogen-bond acceptors (Lipinski definition) is 4. The molecule has 1 heterocycles. The number of benzene rings is 2. The van der Waals surface area contributed by atoms with Crippen molar-refractivity contribution >= 4 is 5.71 Å². The molecule has 2 aromatic rings. The fraction of sp³-hybridized carbons (Fsp3) is 0.278. The van der Waals surface area contributed by atoms with E-state index in [1.54, 1.807) is 7.11 Å². The second kappa shape index (κ2) is 6.20. The van der Waals surface area contributed by atoms with Gasteiger partial charge < -0.3 is 9.57 Å². The van der Waals surface area contributed by atoms with E-state index >= 15 is 0 Å². The Balaban J connectivity index is 1.98. The standard InChI is InChI=1S/C18H20N2O2/c1-20(2)18-16(13-7-5-4-6-8-13)17(19-22-18)14-9-11-15(21-3)12-10-14/h4-12,16,18H,1-3H3. The molecule has 0 aliphatic carbocycles. The third-order valence-corrected chi connectivity index (χ3v) is 3.89. The lowest BCUT2D eigenvalue weighted by atomic mass is 9.88. The first-order chi connectivity index (χ1) is 10.7. The number of methoxy groups -OCH3 is 1. The average molecular weight is 296 g/mol. The SMILES string of the molecule is COc1ccc(C2=NOC(N(C)C)C2c2ccccc2)cc1. The van der Waals surface area contributed by atoms with Crippen molar-refractivity contribution in [2.75, 3.05) is 21.2 Å². The lowest BCUT2D eigenvalue weighted by Gasteiger charge is -2.24. The summed E-state index contributed by atoms with van der Waals surface area (Å²) in [5, 5.41) is 4.36. The van der Waals surface area contributed by atoms with Gasteiger partial charge in [0.25, 0.3) is 0 Å². The van der Waals surface area contributed by atoms with E-state index in [4.69, 9.17) is 9.57 Å². The monoisotopic (exact) mass is 296 g/mol. The first-order valence-electron chi connectivity index (χ1n) is 7.30. The van der Waals surface area contributed by atoms with E-state index in [1.165, 1.54) is 5.56 Å². The number of hydrogen-bond donors (Lipinski definition) is 0. The van der Waals surface area contributed by atoms with Gasteiger partial charge in [-0.1, -0.05) is 35.5 Å². The van der Waals surface area contributed by atoms with Gasteiger partial charge in [0.2, 0.25) is 0 Å². The molecular formula is C18H20N2O2. The molecular weight excluding hydrogens is 276 g/mol. The van der Waals surface area contributed by atoms with Crippen molar-refractivity contribution in [2.45, 2.75) is 12.1 Å². The average Bonchev–Trinajstić information content (AvgIpc) is 3.01. The van der Waals surface area contributed by atoms with Gasteiger partial charge in [-0.25, -0.2) is 0 Å². The second-order valence-corrected chi connectivity index (χ2v) is 5.55. The van der Waals surface area contributed by atoms with Gasteiger partial charge in [-0.3, -0.25) is 4.90 Å². The predicted octanol–water partition coefficient (Wildman–Crippen LogP) is 3.10. The van der Waals surface area contributed by atoms with Crippen LogP contribution in [0, 0.1) is 0 Å². The molecule has 0 bridgehead atoms. The van der Waals surface area contributed by atoms with Gasteiger partial charge in [0.05, 0.1) is 18.7 Å². The molecule has 22 heavy (non-hydrogen) atoms. The highest BCUT2D eigenvalue weighted by Crippen LogP contribution is 2.33. The van der Waals surface area contributed by atoms with Gasteiger partial charge >= 0.3 is 0 Å². The van der Waals surface area contributed by atoms with Crippen LogP contribution in [-0.2, 0) is 4.84 Å². The summed E-state index contributed by atoms with van der Waals surface area (Å²) in [6, 6.07) is 18.3. The smallest absolute Gasteiger partial charge is 0.193 e. The fourth-order valence-corrected chi connectivity index (χ4v) is 2.73. The van der Waals surface area contributed by atoms with Crippen molar-refractivity contribution in [1.82, 2.24) is 4.90 Å². The zero-order valence-corrected chi connectivity index (χ0v) is 13.1. The molecule has 0 saturated carbocycles. The maximum Gasteiger partial charge on any atom is 0.193 e. The van der Waals surface area contributed by atoms with Crippen LogP contribution in [0.2, 0.25) is 0 Å². The molecule has 2 atom stereocenters. The normalized spacial score (nSPS) is 20.6. The highest BCUT2D eigenvalue weighted by molar-refractivity contribution is 6.06. The summed E-state index contributed by atoms with van der Waals surface area (Å²) < 4.78 is 5.22. The van der Waals surface area contributed by atoms with Crippen LogP contribution in [0.25, 0.3) is 0 Å². The number of oxime groups is 1. The highest BCUT2D eigenvalue weighted by atomic mass is 16.7. The van der Waals surface area contributed by atoms with Crippen LogP contribution in [0.3, 0.4) is 0 Å². The lowest BCUT2D eigenvalue weighted by molar-refractivity contribution is -0.0196. The van der Waals surface area contributed by atoms with Crippen LogP contribution >= 0.6 is 0 Å². The molecule has 0 spiro atoms. The van der Waals surface area contributed by atoms with Gasteiger partial charge in [0.1, 0.15) is 5.75 Å². The van der Waals surface area contributed by atoms with Crippen LogP contribution < -0.4 is 4.74 Å². The molecule has 0 amide bonds. The van der Waals surface area contributed by atoms with Crippen LogP contribution in [-0.4, -0.2) is 38.0 Å². The maximum atomic E-state index is 5.69. The number of rotatable bonds is 4. The van der Waals surface area contributed by atoms with Gasteiger partial charge in [0, 0.05) is 5.56 Å². The third-order valence-electron chi connectivity index (χ3n) is 3.89. The van der Waals surface area contributed by atoms with Gasteiger partial charge in [0.15, 0.2) is 6.23 Å². The Hall–Kier alpha value is -2.33. The minimum Gasteiger partial charge on any atom is -0.497 e. The summed E-state index contributed by atoms with van der Waals surface area (Å²) in [6.07, 6.45) is -0.0977. The minimum atomic E-state index is -0.0977. The van der Waals surface area contributed by atoms with Crippen LogP contribution in [0.1, 0.15) is 17.0 Å². The molecule has 0 aromatic heterocycles. The molecule has 0 saturated heterocycles. The Morgan fingerprint density at radius 2 is 1.68 bits per heavy atom. The first kappa shape index (κ1) is 14.6. The van der Waals surface area contributed by atoms with E-state index < -0.39 is 0 Å². The van der Waals surface area contributed by atoms with Gasteiger partial charge in [-0.05, 0) is 43.9 Å². The Bertz CT molecular complexity index is 651. The van der Waals surface area contributed by atoms with Crippen molar-refractivity contribution in [3.8, 4) is 5.75 Å². The number of nitrogens with zero attached hydrogens (tertiary/aromatic N) is 2. The fourth-order valence-electron chi connectivity index (χ4n) is 2.73. The van der Waals surface area contributed by atoms with Crippen molar-refractivity contribution in [3.05, 3.63) is 65.7 Å². The quantitative estimate of drug-likeness (QED) is 0.869. The molecule has 2 aromatic carbocycles. The second-order valence-electron chi connectivity index (χ2n) is 5.55. The van der Waals surface area contributed by atoms with E-state index in [0.717, 1.165) is 17.0 Å². The molecule has 4 heteroatoms.